The smallest absolute Gasteiger partial charge is 0.255 e. The highest BCUT2D eigenvalue weighted by atomic mass is 35.5. The molecule has 0 bridgehead atoms. The van der Waals surface area contributed by atoms with E-state index in [0.29, 0.717) is 29.1 Å². The highest BCUT2D eigenvalue weighted by Crippen LogP contribution is 2.39. The van der Waals surface area contributed by atoms with E-state index in [1.807, 2.05) is 0 Å². The molecule has 3 rings (SSSR count). The Morgan fingerprint density at radius 3 is 2.54 bits per heavy atom. The van der Waals surface area contributed by atoms with Crippen molar-refractivity contribution in [2.45, 2.75) is 13.0 Å². The SMILES string of the molecule is C=CC(=O)Nc1ccccc1Nc1ncc(CN(C=O)c2cc(OC)cc(OC)c2Cl)c(N(C)CC(F)F)n1. The number of hydrogen-bond acceptors (Lipinski definition) is 8. The molecule has 13 heteroatoms. The maximum atomic E-state index is 13.3. The molecular formula is C26H27ClF2N6O4. The molecule has 0 aliphatic heterocycles. The molecule has 0 radical (unpaired) electrons. The Kier molecular flexibility index (Phi) is 9.98. The first kappa shape index (κ1) is 29.1. The van der Waals surface area contributed by atoms with Crippen molar-refractivity contribution < 1.29 is 27.8 Å². The third-order valence-corrected chi connectivity index (χ3v) is 5.84. The number of para-hydroxylation sites is 2. The summed E-state index contributed by atoms with van der Waals surface area (Å²) in [5.41, 5.74) is 1.54. The molecule has 0 spiro atoms. The van der Waals surface area contributed by atoms with Gasteiger partial charge >= 0.3 is 0 Å². The molecular weight excluding hydrogens is 534 g/mol. The fourth-order valence-corrected chi connectivity index (χ4v) is 3.89. The summed E-state index contributed by atoms with van der Waals surface area (Å²) in [7, 11) is 4.33. The molecule has 10 nitrogen and oxygen atoms in total. The number of methoxy groups -OCH3 is 2. The first-order chi connectivity index (χ1) is 18.7. The molecule has 1 aromatic heterocycles. The lowest BCUT2D eigenvalue weighted by atomic mass is 10.2. The minimum absolute atomic E-state index is 0.0777. The Bertz CT molecular complexity index is 1340. The number of carbonyl (C=O) groups excluding carboxylic acids is 2. The van der Waals surface area contributed by atoms with Crippen molar-refractivity contribution in [3.05, 3.63) is 65.8 Å². The number of ether oxygens (including phenoxy) is 2. The highest BCUT2D eigenvalue weighted by Gasteiger charge is 2.21. The van der Waals surface area contributed by atoms with Crippen molar-refractivity contribution in [1.29, 1.82) is 0 Å². The van der Waals surface area contributed by atoms with Crippen molar-refractivity contribution in [1.82, 2.24) is 9.97 Å². The average molecular weight is 561 g/mol. The minimum Gasteiger partial charge on any atom is -0.497 e. The summed E-state index contributed by atoms with van der Waals surface area (Å²) >= 11 is 6.46. The lowest BCUT2D eigenvalue weighted by Gasteiger charge is -2.25. The summed E-state index contributed by atoms with van der Waals surface area (Å²) in [5, 5.41) is 5.82. The fraction of sp³-hybridized carbons (Fsp3) is 0.231. The van der Waals surface area contributed by atoms with Gasteiger partial charge in [0.25, 0.3) is 6.43 Å². The Labute approximate surface area is 229 Å². The van der Waals surface area contributed by atoms with Gasteiger partial charge in [0.1, 0.15) is 22.3 Å². The number of carbonyl (C=O) groups is 2. The zero-order chi connectivity index (χ0) is 28.5. The number of halogens is 3. The van der Waals surface area contributed by atoms with Crippen molar-refractivity contribution >= 4 is 52.7 Å². The van der Waals surface area contributed by atoms with Crippen molar-refractivity contribution in [3.63, 3.8) is 0 Å². The first-order valence-corrected chi connectivity index (χ1v) is 11.9. The van der Waals surface area contributed by atoms with E-state index in [0.717, 1.165) is 6.08 Å². The van der Waals surface area contributed by atoms with Crippen LogP contribution < -0.4 is 29.9 Å². The monoisotopic (exact) mass is 560 g/mol. The number of benzene rings is 2. The second-order valence-electron chi connectivity index (χ2n) is 8.07. The summed E-state index contributed by atoms with van der Waals surface area (Å²) < 4.78 is 37.2. The van der Waals surface area contributed by atoms with Gasteiger partial charge in [0.15, 0.2) is 0 Å². The van der Waals surface area contributed by atoms with E-state index in [4.69, 9.17) is 21.1 Å². The summed E-state index contributed by atoms with van der Waals surface area (Å²) in [6.45, 7) is 2.71. The van der Waals surface area contributed by atoms with Crippen molar-refractivity contribution in [3.8, 4) is 11.5 Å². The fourth-order valence-electron chi connectivity index (χ4n) is 3.60. The molecule has 0 fully saturated rings. The van der Waals surface area contributed by atoms with E-state index in [1.54, 1.807) is 36.4 Å². The number of aromatic nitrogens is 2. The largest absolute Gasteiger partial charge is 0.497 e. The van der Waals surface area contributed by atoms with Gasteiger partial charge in [-0.2, -0.15) is 4.98 Å². The van der Waals surface area contributed by atoms with Gasteiger partial charge in [0.05, 0.1) is 44.4 Å². The second-order valence-corrected chi connectivity index (χ2v) is 8.45. The molecule has 1 heterocycles. The number of nitrogens with zero attached hydrogens (tertiary/aromatic N) is 4. The molecule has 0 saturated heterocycles. The van der Waals surface area contributed by atoms with Gasteiger partial charge in [-0.25, -0.2) is 13.8 Å². The van der Waals surface area contributed by atoms with Gasteiger partial charge in [-0.15, -0.1) is 0 Å². The Morgan fingerprint density at radius 2 is 1.92 bits per heavy atom. The Balaban J connectivity index is 2.01. The summed E-state index contributed by atoms with van der Waals surface area (Å²) in [4.78, 5) is 35.2. The number of alkyl halides is 2. The third kappa shape index (κ3) is 7.32. The van der Waals surface area contributed by atoms with Crippen LogP contribution in [-0.4, -0.2) is 56.5 Å². The topological polar surface area (TPSA) is 109 Å². The molecule has 0 aliphatic carbocycles. The highest BCUT2D eigenvalue weighted by molar-refractivity contribution is 6.35. The maximum absolute atomic E-state index is 13.3. The van der Waals surface area contributed by atoms with Crippen LogP contribution in [0.15, 0.2) is 55.3 Å². The summed E-state index contributed by atoms with van der Waals surface area (Å²) in [6, 6.07) is 9.92. The van der Waals surface area contributed by atoms with Gasteiger partial charge in [-0.1, -0.05) is 30.3 Å². The van der Waals surface area contributed by atoms with E-state index in [9.17, 15) is 18.4 Å². The first-order valence-electron chi connectivity index (χ1n) is 11.5. The average Bonchev–Trinajstić information content (AvgIpc) is 2.93. The number of nitrogens with one attached hydrogen (secondary N) is 2. The van der Waals surface area contributed by atoms with Gasteiger partial charge in [-0.3, -0.25) is 9.59 Å². The van der Waals surface area contributed by atoms with E-state index < -0.39 is 18.9 Å². The Hall–Kier alpha value is -4.45. The molecule has 0 saturated carbocycles. The maximum Gasteiger partial charge on any atom is 0.255 e. The van der Waals surface area contributed by atoms with Crippen LogP contribution in [0.4, 0.5) is 37.6 Å². The van der Waals surface area contributed by atoms with Gasteiger partial charge in [0, 0.05) is 30.9 Å². The van der Waals surface area contributed by atoms with Crippen molar-refractivity contribution in [2.75, 3.05) is 48.2 Å². The minimum atomic E-state index is -2.65. The summed E-state index contributed by atoms with van der Waals surface area (Å²) in [5.74, 6) is 0.490. The lowest BCUT2D eigenvalue weighted by Crippen LogP contribution is -2.29. The van der Waals surface area contributed by atoms with Gasteiger partial charge in [0.2, 0.25) is 18.3 Å². The predicted octanol–water partition coefficient (Wildman–Crippen LogP) is 4.88. The number of rotatable bonds is 13. The normalized spacial score (nSPS) is 10.5. The molecule has 3 aromatic rings. The van der Waals surface area contributed by atoms with Crippen LogP contribution in [0.1, 0.15) is 5.56 Å². The van der Waals surface area contributed by atoms with Crippen LogP contribution >= 0.6 is 11.6 Å². The van der Waals surface area contributed by atoms with Gasteiger partial charge in [-0.05, 0) is 18.2 Å². The molecule has 39 heavy (non-hydrogen) atoms. The zero-order valence-corrected chi connectivity index (χ0v) is 22.2. The van der Waals surface area contributed by atoms with Gasteiger partial charge < -0.3 is 29.9 Å². The van der Waals surface area contributed by atoms with E-state index >= 15 is 0 Å². The van der Waals surface area contributed by atoms with Crippen LogP contribution in [-0.2, 0) is 16.1 Å². The standard InChI is InChI=1S/C26H27ClF2N6O4/c1-5-23(37)31-18-8-6-7-9-19(18)32-26-30-12-16(25(33-26)34(2)14-22(28)29)13-35(15-36)20-10-17(38-3)11-21(39-4)24(20)27/h5-12,15,22H,1,13-14H2,2-4H3,(H,31,37)(H,30,32,33). The van der Waals surface area contributed by atoms with E-state index in [-0.39, 0.29) is 34.8 Å². The molecule has 2 N–H and O–H groups in total. The van der Waals surface area contributed by atoms with Crippen LogP contribution in [0.3, 0.4) is 0 Å². The van der Waals surface area contributed by atoms with Crippen molar-refractivity contribution in [2.24, 2.45) is 0 Å². The van der Waals surface area contributed by atoms with Crippen LogP contribution in [0.2, 0.25) is 5.02 Å². The number of anilines is 5. The zero-order valence-electron chi connectivity index (χ0n) is 21.5. The number of hydrogen-bond donors (Lipinski definition) is 2. The van der Waals surface area contributed by atoms with Crippen LogP contribution in [0.5, 0.6) is 11.5 Å². The predicted molar refractivity (Wildman–Crippen MR) is 147 cm³/mol. The van der Waals surface area contributed by atoms with Crippen LogP contribution in [0.25, 0.3) is 0 Å². The van der Waals surface area contributed by atoms with E-state index in [2.05, 4.69) is 27.2 Å². The quantitative estimate of drug-likeness (QED) is 0.225. The molecule has 2 amide bonds. The molecule has 2 aromatic carbocycles. The third-order valence-electron chi connectivity index (χ3n) is 5.46. The molecule has 0 atom stereocenters. The molecule has 0 aliphatic rings. The van der Waals surface area contributed by atoms with Crippen LogP contribution in [0, 0.1) is 0 Å². The summed E-state index contributed by atoms with van der Waals surface area (Å²) in [6.07, 6.45) is 0.437. The molecule has 0 unspecified atom stereocenters. The molecule has 206 valence electrons. The lowest BCUT2D eigenvalue weighted by molar-refractivity contribution is -0.112. The Morgan fingerprint density at radius 1 is 1.21 bits per heavy atom. The van der Waals surface area contributed by atoms with E-state index in [1.165, 1.54) is 37.3 Å². The second kappa shape index (κ2) is 13.4. The number of amides is 2.